The summed E-state index contributed by atoms with van der Waals surface area (Å²) in [4.78, 5) is 2.22. The van der Waals surface area contributed by atoms with Gasteiger partial charge in [-0.25, -0.2) is 17.5 Å². The van der Waals surface area contributed by atoms with Crippen LogP contribution in [0.3, 0.4) is 0 Å². The maximum atomic E-state index is 13.3. The molecule has 0 atom stereocenters. The monoisotopic (exact) mass is 349 g/mol. The molecular formula is C14H21ClFN3O2S. The lowest BCUT2D eigenvalue weighted by Crippen LogP contribution is -2.44. The number of piperazine rings is 1. The van der Waals surface area contributed by atoms with Crippen LogP contribution in [0.15, 0.2) is 17.0 Å². The Bertz CT molecular complexity index is 619. The Kier molecular flexibility index (Phi) is 6.17. The first-order valence-corrected chi connectivity index (χ1v) is 9.14. The van der Waals surface area contributed by atoms with Gasteiger partial charge in [-0.1, -0.05) is 11.6 Å². The Morgan fingerprint density at radius 3 is 2.73 bits per heavy atom. The van der Waals surface area contributed by atoms with E-state index in [1.165, 1.54) is 13.0 Å². The van der Waals surface area contributed by atoms with Gasteiger partial charge in [0.25, 0.3) is 0 Å². The van der Waals surface area contributed by atoms with E-state index in [0.717, 1.165) is 45.2 Å². The van der Waals surface area contributed by atoms with E-state index in [2.05, 4.69) is 14.9 Å². The number of halogens is 2. The highest BCUT2D eigenvalue weighted by Gasteiger charge is 2.19. The number of benzene rings is 1. The second-order valence-corrected chi connectivity index (χ2v) is 7.52. The number of rotatable bonds is 6. The van der Waals surface area contributed by atoms with E-state index in [9.17, 15) is 12.8 Å². The van der Waals surface area contributed by atoms with Crippen LogP contribution in [0.25, 0.3) is 0 Å². The second kappa shape index (κ2) is 7.70. The summed E-state index contributed by atoms with van der Waals surface area (Å²) in [5.41, 5.74) is 0.255. The van der Waals surface area contributed by atoms with Crippen LogP contribution in [0, 0.1) is 12.7 Å². The van der Waals surface area contributed by atoms with Gasteiger partial charge in [-0.15, -0.1) is 0 Å². The van der Waals surface area contributed by atoms with Crippen molar-refractivity contribution in [2.45, 2.75) is 18.2 Å². The van der Waals surface area contributed by atoms with Crippen LogP contribution in [0.4, 0.5) is 4.39 Å². The van der Waals surface area contributed by atoms with Gasteiger partial charge >= 0.3 is 0 Å². The average molecular weight is 350 g/mol. The molecule has 2 N–H and O–H groups in total. The first-order chi connectivity index (χ1) is 10.4. The molecule has 0 amide bonds. The Morgan fingerprint density at radius 2 is 2.05 bits per heavy atom. The van der Waals surface area contributed by atoms with Gasteiger partial charge in [0.1, 0.15) is 10.7 Å². The summed E-state index contributed by atoms with van der Waals surface area (Å²) in [6, 6.07) is 2.29. The van der Waals surface area contributed by atoms with Crippen LogP contribution in [0.1, 0.15) is 12.0 Å². The minimum Gasteiger partial charge on any atom is -0.314 e. The fraction of sp³-hybridized carbons (Fsp3) is 0.571. The Hall–Kier alpha value is -0.730. The molecule has 1 aromatic carbocycles. The van der Waals surface area contributed by atoms with Crippen molar-refractivity contribution in [1.82, 2.24) is 14.9 Å². The first-order valence-electron chi connectivity index (χ1n) is 7.28. The summed E-state index contributed by atoms with van der Waals surface area (Å²) < 4.78 is 40.3. The van der Waals surface area contributed by atoms with E-state index in [1.54, 1.807) is 0 Å². The predicted molar refractivity (Wildman–Crippen MR) is 85.3 cm³/mol. The maximum absolute atomic E-state index is 13.3. The van der Waals surface area contributed by atoms with Crippen molar-refractivity contribution < 1.29 is 12.8 Å². The topological polar surface area (TPSA) is 61.4 Å². The molecule has 0 radical (unpaired) electrons. The van der Waals surface area contributed by atoms with Crippen LogP contribution in [0.5, 0.6) is 0 Å². The summed E-state index contributed by atoms with van der Waals surface area (Å²) in [6.07, 6.45) is 0.719. The first kappa shape index (κ1) is 17.6. The van der Waals surface area contributed by atoms with E-state index >= 15 is 0 Å². The van der Waals surface area contributed by atoms with Crippen LogP contribution in [0.2, 0.25) is 5.02 Å². The zero-order chi connectivity index (χ0) is 16.2. The summed E-state index contributed by atoms with van der Waals surface area (Å²) in [5.74, 6) is -0.511. The fourth-order valence-electron chi connectivity index (χ4n) is 2.36. The Morgan fingerprint density at radius 1 is 1.36 bits per heavy atom. The summed E-state index contributed by atoms with van der Waals surface area (Å²) >= 11 is 5.85. The zero-order valence-electron chi connectivity index (χ0n) is 12.5. The van der Waals surface area contributed by atoms with Gasteiger partial charge < -0.3 is 10.2 Å². The van der Waals surface area contributed by atoms with Gasteiger partial charge in [-0.3, -0.25) is 0 Å². The van der Waals surface area contributed by atoms with Gasteiger partial charge in [0.2, 0.25) is 10.0 Å². The van der Waals surface area contributed by atoms with Crippen molar-refractivity contribution >= 4 is 21.6 Å². The highest BCUT2D eigenvalue weighted by molar-refractivity contribution is 7.89. The molecule has 0 bridgehead atoms. The molecule has 0 aliphatic carbocycles. The Labute approximate surface area is 135 Å². The molecule has 0 unspecified atom stereocenters. The fourth-order valence-corrected chi connectivity index (χ4v) is 4.03. The normalized spacial score (nSPS) is 16.9. The van der Waals surface area contributed by atoms with Gasteiger partial charge in [0, 0.05) is 32.7 Å². The summed E-state index contributed by atoms with van der Waals surface area (Å²) in [6.45, 7) is 6.59. The molecule has 22 heavy (non-hydrogen) atoms. The van der Waals surface area contributed by atoms with Crippen molar-refractivity contribution in [3.8, 4) is 0 Å². The van der Waals surface area contributed by atoms with Gasteiger partial charge in [-0.2, -0.15) is 0 Å². The van der Waals surface area contributed by atoms with Crippen molar-refractivity contribution in [3.63, 3.8) is 0 Å². The van der Waals surface area contributed by atoms with Gasteiger partial charge in [0.05, 0.1) is 5.02 Å². The molecule has 1 aliphatic heterocycles. The number of aryl methyl sites for hydroxylation is 1. The third-order valence-electron chi connectivity index (χ3n) is 3.66. The predicted octanol–water partition coefficient (Wildman–Crippen LogP) is 1.36. The second-order valence-electron chi connectivity index (χ2n) is 5.37. The molecule has 5 nitrogen and oxygen atoms in total. The van der Waals surface area contributed by atoms with Crippen LogP contribution < -0.4 is 10.0 Å². The molecule has 1 fully saturated rings. The molecule has 0 saturated carbocycles. The van der Waals surface area contributed by atoms with Crippen molar-refractivity contribution in [2.75, 3.05) is 39.3 Å². The number of hydrogen-bond acceptors (Lipinski definition) is 4. The lowest BCUT2D eigenvalue weighted by molar-refractivity contribution is 0.239. The van der Waals surface area contributed by atoms with E-state index in [4.69, 9.17) is 11.6 Å². The Balaban J connectivity index is 1.89. The quantitative estimate of drug-likeness (QED) is 0.761. The van der Waals surface area contributed by atoms with Crippen molar-refractivity contribution in [1.29, 1.82) is 0 Å². The largest absolute Gasteiger partial charge is 0.314 e. The SMILES string of the molecule is Cc1cc(S(=O)(=O)NCCCN2CCNCC2)c(Cl)cc1F. The average Bonchev–Trinajstić information content (AvgIpc) is 2.48. The van der Waals surface area contributed by atoms with Gasteiger partial charge in [-0.05, 0) is 37.6 Å². The van der Waals surface area contributed by atoms with Crippen molar-refractivity contribution in [3.05, 3.63) is 28.5 Å². The van der Waals surface area contributed by atoms with Crippen LogP contribution in [-0.4, -0.2) is 52.6 Å². The highest BCUT2D eigenvalue weighted by Crippen LogP contribution is 2.24. The standard InChI is InChI=1S/C14H21ClFN3O2S/c1-11-9-14(12(15)10-13(11)16)22(20,21)18-3-2-6-19-7-4-17-5-8-19/h9-10,17-18H,2-8H2,1H3. The molecular weight excluding hydrogens is 329 g/mol. The molecule has 124 valence electrons. The van der Waals surface area contributed by atoms with Crippen molar-refractivity contribution in [2.24, 2.45) is 0 Å². The van der Waals surface area contributed by atoms with E-state index in [0.29, 0.717) is 6.54 Å². The van der Waals surface area contributed by atoms with E-state index < -0.39 is 15.8 Å². The third kappa shape index (κ3) is 4.63. The molecule has 1 heterocycles. The minimum atomic E-state index is -3.71. The smallest absolute Gasteiger partial charge is 0.242 e. The number of hydrogen-bond donors (Lipinski definition) is 2. The molecule has 1 saturated heterocycles. The highest BCUT2D eigenvalue weighted by atomic mass is 35.5. The molecule has 1 aromatic rings. The lowest BCUT2D eigenvalue weighted by Gasteiger charge is -2.27. The summed E-state index contributed by atoms with van der Waals surface area (Å²) in [7, 11) is -3.71. The van der Waals surface area contributed by atoms with Crippen LogP contribution >= 0.6 is 11.6 Å². The number of sulfonamides is 1. The number of nitrogens with one attached hydrogen (secondary N) is 2. The third-order valence-corrected chi connectivity index (χ3v) is 5.58. The van der Waals surface area contributed by atoms with Gasteiger partial charge in [0.15, 0.2) is 0 Å². The maximum Gasteiger partial charge on any atom is 0.242 e. The summed E-state index contributed by atoms with van der Waals surface area (Å²) in [5, 5.41) is 3.17. The lowest BCUT2D eigenvalue weighted by atomic mass is 10.2. The van der Waals surface area contributed by atoms with Crippen LogP contribution in [-0.2, 0) is 10.0 Å². The molecule has 8 heteroatoms. The molecule has 0 spiro atoms. The minimum absolute atomic E-state index is 0.0739. The molecule has 1 aliphatic rings. The van der Waals surface area contributed by atoms with E-state index in [1.807, 2.05) is 0 Å². The number of nitrogens with zero attached hydrogens (tertiary/aromatic N) is 1. The zero-order valence-corrected chi connectivity index (χ0v) is 14.1. The van der Waals surface area contributed by atoms with E-state index in [-0.39, 0.29) is 15.5 Å². The molecule has 2 rings (SSSR count). The molecule has 0 aromatic heterocycles.